The molecule has 36 heavy (non-hydrogen) atoms. The van der Waals surface area contributed by atoms with Gasteiger partial charge in [0.1, 0.15) is 17.3 Å². The van der Waals surface area contributed by atoms with E-state index in [0.29, 0.717) is 22.8 Å². The van der Waals surface area contributed by atoms with Crippen LogP contribution < -0.4 is 18.9 Å². The van der Waals surface area contributed by atoms with Crippen LogP contribution in [-0.2, 0) is 14.3 Å². The van der Waals surface area contributed by atoms with Gasteiger partial charge in [-0.1, -0.05) is 0 Å². The summed E-state index contributed by atoms with van der Waals surface area (Å²) in [6.07, 6.45) is -0.0991. The maximum atomic E-state index is 14.1. The fourth-order valence-corrected chi connectivity index (χ4v) is 4.11. The average molecular weight is 504 g/mol. The first-order chi connectivity index (χ1) is 17.2. The van der Waals surface area contributed by atoms with Crippen molar-refractivity contribution in [1.82, 2.24) is 4.90 Å². The lowest BCUT2D eigenvalue weighted by atomic mass is 9.94. The summed E-state index contributed by atoms with van der Waals surface area (Å²) in [5.74, 6) is -1.96. The minimum Gasteiger partial charge on any atom is -0.507 e. The van der Waals surface area contributed by atoms with Gasteiger partial charge in [-0.15, -0.1) is 0 Å². The number of likely N-dealkylation sites (tertiary alicyclic amines) is 1. The van der Waals surface area contributed by atoms with Crippen molar-refractivity contribution < 1.29 is 42.8 Å². The number of carbonyl (C=O) groups excluding carboxylic acids is 2. The maximum Gasteiger partial charge on any atom is 0.295 e. The number of ketones is 1. The molecule has 1 heterocycles. The summed E-state index contributed by atoms with van der Waals surface area (Å²) >= 11 is 0. The molecule has 9 nitrogen and oxygen atoms in total. The van der Waals surface area contributed by atoms with Gasteiger partial charge in [0.25, 0.3) is 11.7 Å². The Morgan fingerprint density at radius 3 is 2.11 bits per heavy atom. The van der Waals surface area contributed by atoms with Crippen LogP contribution in [-0.4, -0.2) is 69.4 Å². The second-order valence-electron chi connectivity index (χ2n) is 8.22. The third kappa shape index (κ3) is 5.08. The Balaban J connectivity index is 2.27. The quantitative estimate of drug-likeness (QED) is 0.297. The predicted octanol–water partition coefficient (Wildman–Crippen LogP) is 3.71. The van der Waals surface area contributed by atoms with Gasteiger partial charge in [0.05, 0.1) is 58.3 Å². The first-order valence-corrected chi connectivity index (χ1v) is 11.2. The van der Waals surface area contributed by atoms with Crippen LogP contribution in [0.25, 0.3) is 5.76 Å². The van der Waals surface area contributed by atoms with Crippen molar-refractivity contribution in [2.24, 2.45) is 0 Å². The monoisotopic (exact) mass is 503 g/mol. The molecular formula is C26H30FNO8. The van der Waals surface area contributed by atoms with Crippen molar-refractivity contribution >= 4 is 17.4 Å². The summed E-state index contributed by atoms with van der Waals surface area (Å²) in [5, 5.41) is 11.3. The van der Waals surface area contributed by atoms with Crippen molar-refractivity contribution in [2.75, 3.05) is 41.6 Å². The van der Waals surface area contributed by atoms with Crippen LogP contribution in [0.4, 0.5) is 4.39 Å². The topological polar surface area (TPSA) is 104 Å². The molecule has 0 radical (unpaired) electrons. The van der Waals surface area contributed by atoms with Gasteiger partial charge in [-0.25, -0.2) is 4.39 Å². The molecule has 0 aliphatic carbocycles. The van der Waals surface area contributed by atoms with E-state index >= 15 is 0 Å². The maximum absolute atomic E-state index is 14.1. The number of Topliss-reactive ketones (excluding diaryl/α,β-unsaturated/α-hetero) is 1. The van der Waals surface area contributed by atoms with Crippen molar-refractivity contribution in [3.63, 3.8) is 0 Å². The lowest BCUT2D eigenvalue weighted by Crippen LogP contribution is -2.33. The van der Waals surface area contributed by atoms with Crippen LogP contribution >= 0.6 is 0 Å². The highest BCUT2D eigenvalue weighted by Crippen LogP contribution is 2.46. The van der Waals surface area contributed by atoms with E-state index < -0.39 is 29.3 Å². The molecule has 10 heteroatoms. The number of aliphatic hydroxyl groups excluding tert-OH is 1. The molecule has 1 aliphatic heterocycles. The Labute approximate surface area is 209 Å². The van der Waals surface area contributed by atoms with Crippen LogP contribution in [0.15, 0.2) is 35.9 Å². The molecule has 1 unspecified atom stereocenters. The van der Waals surface area contributed by atoms with Crippen LogP contribution in [0.3, 0.4) is 0 Å². The Morgan fingerprint density at radius 1 is 0.972 bits per heavy atom. The van der Waals surface area contributed by atoms with Crippen molar-refractivity contribution in [2.45, 2.75) is 26.0 Å². The van der Waals surface area contributed by atoms with E-state index in [-0.39, 0.29) is 36.1 Å². The van der Waals surface area contributed by atoms with E-state index in [9.17, 15) is 19.1 Å². The summed E-state index contributed by atoms with van der Waals surface area (Å²) in [6.45, 7) is 3.90. The van der Waals surface area contributed by atoms with Crippen molar-refractivity contribution in [3.8, 4) is 23.0 Å². The zero-order valence-electron chi connectivity index (χ0n) is 21.1. The number of carbonyl (C=O) groups is 2. The van der Waals surface area contributed by atoms with Gasteiger partial charge >= 0.3 is 0 Å². The average Bonchev–Trinajstić information content (AvgIpc) is 3.12. The minimum atomic E-state index is -1.05. The third-order valence-corrected chi connectivity index (χ3v) is 5.74. The van der Waals surface area contributed by atoms with Crippen LogP contribution in [0, 0.1) is 5.82 Å². The Hall–Kier alpha value is -3.79. The summed E-state index contributed by atoms with van der Waals surface area (Å²) < 4.78 is 41.3. The Bertz CT molecular complexity index is 1150. The van der Waals surface area contributed by atoms with E-state index in [1.807, 2.05) is 13.8 Å². The van der Waals surface area contributed by atoms with Gasteiger partial charge in [0.15, 0.2) is 11.5 Å². The van der Waals surface area contributed by atoms with E-state index in [0.717, 1.165) is 12.1 Å². The number of benzene rings is 2. The molecular weight excluding hydrogens is 473 g/mol. The number of hydrogen-bond donors (Lipinski definition) is 1. The molecule has 1 fully saturated rings. The van der Waals surface area contributed by atoms with Crippen LogP contribution in [0.1, 0.15) is 31.0 Å². The predicted molar refractivity (Wildman–Crippen MR) is 129 cm³/mol. The molecule has 2 aromatic rings. The number of aliphatic hydroxyl groups is 1. The highest BCUT2D eigenvalue weighted by atomic mass is 19.1. The molecule has 1 aliphatic rings. The molecule has 3 rings (SSSR count). The van der Waals surface area contributed by atoms with Crippen LogP contribution in [0.2, 0.25) is 0 Å². The molecule has 1 saturated heterocycles. The lowest BCUT2D eigenvalue weighted by Gasteiger charge is -2.27. The fraction of sp³-hybridized carbons (Fsp3) is 0.385. The molecule has 0 bridgehead atoms. The standard InChI is InChI=1S/C26H30FNO8/c1-14(2)36-10-9-28-22(15-11-19(33-4)25(35-6)20(12-15)34-5)21(24(30)26(28)31)23(29)17-13-16(27)7-8-18(17)32-3/h7-8,11-14,22,29H,9-10H2,1-6H3/b23-21+. The first kappa shape index (κ1) is 26.8. The van der Waals surface area contributed by atoms with Gasteiger partial charge in [-0.05, 0) is 49.7 Å². The molecule has 0 aromatic heterocycles. The minimum absolute atomic E-state index is 0.0567. The number of amides is 1. The van der Waals surface area contributed by atoms with Crippen LogP contribution in [0.5, 0.6) is 23.0 Å². The molecule has 2 aromatic carbocycles. The zero-order valence-corrected chi connectivity index (χ0v) is 21.1. The van der Waals surface area contributed by atoms with E-state index in [1.165, 1.54) is 39.4 Å². The van der Waals surface area contributed by atoms with Gasteiger partial charge in [0.2, 0.25) is 5.75 Å². The van der Waals surface area contributed by atoms with E-state index in [4.69, 9.17) is 23.7 Å². The number of ether oxygens (including phenoxy) is 5. The normalized spacial score (nSPS) is 17.0. The van der Waals surface area contributed by atoms with Crippen molar-refractivity contribution in [1.29, 1.82) is 0 Å². The molecule has 0 saturated carbocycles. The Kier molecular flexibility index (Phi) is 8.41. The lowest BCUT2D eigenvalue weighted by molar-refractivity contribution is -0.140. The first-order valence-electron chi connectivity index (χ1n) is 11.2. The van der Waals surface area contributed by atoms with Gasteiger partial charge < -0.3 is 33.7 Å². The number of halogens is 1. The third-order valence-electron chi connectivity index (χ3n) is 5.74. The second-order valence-corrected chi connectivity index (χ2v) is 8.22. The smallest absolute Gasteiger partial charge is 0.295 e. The summed E-state index contributed by atoms with van der Waals surface area (Å²) in [4.78, 5) is 27.7. The summed E-state index contributed by atoms with van der Waals surface area (Å²) in [6, 6.07) is 5.64. The van der Waals surface area contributed by atoms with E-state index in [2.05, 4.69) is 0 Å². The summed E-state index contributed by atoms with van der Waals surface area (Å²) in [7, 11) is 5.67. The highest BCUT2D eigenvalue weighted by Gasteiger charge is 2.46. The van der Waals surface area contributed by atoms with Gasteiger partial charge in [0, 0.05) is 6.54 Å². The zero-order chi connectivity index (χ0) is 26.6. The van der Waals surface area contributed by atoms with Crippen molar-refractivity contribution in [3.05, 3.63) is 52.8 Å². The molecule has 0 spiro atoms. The molecule has 194 valence electrons. The number of methoxy groups -OCH3 is 4. The number of hydrogen-bond acceptors (Lipinski definition) is 8. The van der Waals surface area contributed by atoms with Gasteiger partial charge in [-0.2, -0.15) is 0 Å². The van der Waals surface area contributed by atoms with Gasteiger partial charge in [-0.3, -0.25) is 9.59 Å². The Morgan fingerprint density at radius 2 is 1.58 bits per heavy atom. The number of rotatable bonds is 10. The van der Waals surface area contributed by atoms with E-state index in [1.54, 1.807) is 12.1 Å². The fourth-order valence-electron chi connectivity index (χ4n) is 4.11. The largest absolute Gasteiger partial charge is 0.507 e. The molecule has 1 N–H and O–H groups in total. The molecule has 1 atom stereocenters. The highest BCUT2D eigenvalue weighted by molar-refractivity contribution is 6.46. The SMILES string of the molecule is COc1ccc(F)cc1/C(O)=C1\C(=O)C(=O)N(CCOC(C)C)C1c1cc(OC)c(OC)c(OC)c1. The molecule has 1 amide bonds. The summed E-state index contributed by atoms with van der Waals surface area (Å²) in [5.41, 5.74) is 0.110. The number of nitrogens with zero attached hydrogens (tertiary/aromatic N) is 1. The second kappa shape index (κ2) is 11.3.